The molecule has 0 spiro atoms. The van der Waals surface area contributed by atoms with Gasteiger partial charge in [-0.3, -0.25) is 0 Å². The van der Waals surface area contributed by atoms with Gasteiger partial charge in [-0.05, 0) is 0 Å². The van der Waals surface area contributed by atoms with Gasteiger partial charge in [0.25, 0.3) is 0 Å². The Balaban J connectivity index is 0.00000144. The van der Waals surface area contributed by atoms with Crippen LogP contribution in [0.15, 0.2) is 6.20 Å². The Bertz CT molecular complexity index is 265. The van der Waals surface area contributed by atoms with Crippen LogP contribution in [0.25, 0.3) is 0 Å². The summed E-state index contributed by atoms with van der Waals surface area (Å²) in [6.07, 6.45) is 0.680. The van der Waals surface area contributed by atoms with E-state index in [1.54, 1.807) is 0 Å². The molecule has 9 heteroatoms. The molecule has 4 nitrogen and oxygen atoms in total. The summed E-state index contributed by atoms with van der Waals surface area (Å²) in [5.74, 6) is 0. The van der Waals surface area contributed by atoms with Crippen molar-refractivity contribution in [2.75, 3.05) is 7.11 Å². The van der Waals surface area contributed by atoms with Crippen LogP contribution in [0.1, 0.15) is 0 Å². The van der Waals surface area contributed by atoms with Gasteiger partial charge in [0.05, 0.1) is 0 Å². The zero-order chi connectivity index (χ0) is 9.19. The van der Waals surface area contributed by atoms with Crippen molar-refractivity contribution < 1.29 is 69.1 Å². The van der Waals surface area contributed by atoms with Crippen molar-refractivity contribution in [1.29, 1.82) is 0 Å². The first-order chi connectivity index (χ1) is 5.54. The molecule has 0 bridgehead atoms. The molecule has 0 unspecified atom stereocenters. The van der Waals surface area contributed by atoms with Gasteiger partial charge >= 0.3 is 58.4 Å². The zero-order valence-corrected chi connectivity index (χ0v) is 10.4. The molecular weight excluding hydrogens is 213 g/mol. The van der Waals surface area contributed by atoms with Crippen LogP contribution in [-0.2, 0) is 11.5 Å². The molecule has 68 valence electrons. The Hall–Kier alpha value is 0.591. The SMILES string of the molecule is COCn1ncc([B-](F)(F)F)n1.[K+]. The molecule has 1 rings (SSSR count). The first kappa shape index (κ1) is 13.6. The zero-order valence-electron chi connectivity index (χ0n) is 7.25. The summed E-state index contributed by atoms with van der Waals surface area (Å²) in [7, 11) is 1.35. The van der Waals surface area contributed by atoms with Gasteiger partial charge in [0, 0.05) is 18.9 Å². The predicted octanol–water partition coefficient (Wildman–Crippen LogP) is -3.06. The average molecular weight is 219 g/mol. The van der Waals surface area contributed by atoms with Crippen molar-refractivity contribution in [2.45, 2.75) is 6.73 Å². The van der Waals surface area contributed by atoms with Gasteiger partial charge in [0.1, 0.15) is 0 Å². The van der Waals surface area contributed by atoms with E-state index in [0.29, 0.717) is 6.20 Å². The molecule has 0 N–H and O–H groups in total. The number of hydrogen-bond acceptors (Lipinski definition) is 3. The van der Waals surface area contributed by atoms with Crippen molar-refractivity contribution in [3.05, 3.63) is 6.20 Å². The number of ether oxygens (including phenoxy) is 1. The topological polar surface area (TPSA) is 39.9 Å². The van der Waals surface area contributed by atoms with Gasteiger partial charge in [0.2, 0.25) is 0 Å². The molecule has 0 aliphatic rings. The quantitative estimate of drug-likeness (QED) is 0.507. The largest absolute Gasteiger partial charge is 1.00 e. The predicted molar refractivity (Wildman–Crippen MR) is 35.7 cm³/mol. The monoisotopic (exact) mass is 219 g/mol. The average Bonchev–Trinajstić information content (AvgIpc) is 2.35. The van der Waals surface area contributed by atoms with Crippen molar-refractivity contribution in [3.8, 4) is 0 Å². The third kappa shape index (κ3) is 4.09. The molecule has 0 fully saturated rings. The standard InChI is InChI=1S/C4H6BF3N3O.K/c1-12-3-11-9-2-4(10-11)5(6,7)8;/h2H,3H2,1H3;/q-1;+1. The minimum atomic E-state index is -5.05. The van der Waals surface area contributed by atoms with Gasteiger partial charge in [-0.15, -0.1) is 0 Å². The number of nitrogens with zero attached hydrogens (tertiary/aromatic N) is 3. The normalized spacial score (nSPS) is 11.1. The molecule has 0 aromatic carbocycles. The smallest absolute Gasteiger partial charge is 0.444 e. The third-order valence-electron chi connectivity index (χ3n) is 1.13. The molecule has 0 atom stereocenters. The Morgan fingerprint density at radius 3 is 2.54 bits per heavy atom. The van der Waals surface area contributed by atoms with Gasteiger partial charge in [-0.1, -0.05) is 0 Å². The van der Waals surface area contributed by atoms with Crippen molar-refractivity contribution >= 4 is 12.6 Å². The van der Waals surface area contributed by atoms with Crippen LogP contribution < -0.4 is 57.0 Å². The van der Waals surface area contributed by atoms with Crippen molar-refractivity contribution in [3.63, 3.8) is 0 Å². The van der Waals surface area contributed by atoms with E-state index in [9.17, 15) is 12.9 Å². The maximum absolute atomic E-state index is 11.9. The van der Waals surface area contributed by atoms with Gasteiger partial charge < -0.3 is 17.7 Å². The second-order valence-electron chi connectivity index (χ2n) is 2.13. The molecule has 0 saturated carbocycles. The van der Waals surface area contributed by atoms with E-state index in [2.05, 4.69) is 14.9 Å². The number of methoxy groups -OCH3 is 1. The summed E-state index contributed by atoms with van der Waals surface area (Å²) >= 11 is 0. The fourth-order valence-electron chi connectivity index (χ4n) is 0.638. The fraction of sp³-hybridized carbons (Fsp3) is 0.500. The number of aromatic nitrogens is 3. The van der Waals surface area contributed by atoms with Crippen LogP contribution in [0.3, 0.4) is 0 Å². The molecule has 1 heterocycles. The summed E-state index contributed by atoms with van der Waals surface area (Å²) in [6, 6.07) is 0. The minimum absolute atomic E-state index is 0. The van der Waals surface area contributed by atoms with E-state index in [4.69, 9.17) is 0 Å². The summed E-state index contributed by atoms with van der Waals surface area (Å²) < 4.78 is 40.4. The molecule has 0 aliphatic heterocycles. The van der Waals surface area contributed by atoms with Gasteiger partial charge in [-0.25, -0.2) is 0 Å². The molecule has 0 radical (unpaired) electrons. The summed E-state index contributed by atoms with van der Waals surface area (Å²) in [5.41, 5.74) is -0.952. The van der Waals surface area contributed by atoms with Crippen molar-refractivity contribution in [1.82, 2.24) is 15.0 Å². The first-order valence-corrected chi connectivity index (χ1v) is 3.13. The summed E-state index contributed by atoms with van der Waals surface area (Å²) in [6.45, 7) is -5.12. The first-order valence-electron chi connectivity index (χ1n) is 3.13. The number of hydrogen-bond donors (Lipinski definition) is 0. The van der Waals surface area contributed by atoms with Gasteiger partial charge in [-0.2, -0.15) is 15.0 Å². The van der Waals surface area contributed by atoms with Crippen molar-refractivity contribution in [2.24, 2.45) is 0 Å². The summed E-state index contributed by atoms with van der Waals surface area (Å²) in [5, 5.41) is 6.50. The van der Waals surface area contributed by atoms with Crippen LogP contribution >= 0.6 is 0 Å². The number of rotatable bonds is 3. The fourth-order valence-corrected chi connectivity index (χ4v) is 0.638. The van der Waals surface area contributed by atoms with E-state index in [-0.39, 0.29) is 58.1 Å². The Morgan fingerprint density at radius 1 is 1.54 bits per heavy atom. The molecule has 1 aromatic rings. The summed E-state index contributed by atoms with van der Waals surface area (Å²) in [4.78, 5) is 0.838. The molecular formula is C4H6BF3KN3O. The van der Waals surface area contributed by atoms with Gasteiger partial charge in [0.15, 0.2) is 6.73 Å². The molecule has 0 amide bonds. The van der Waals surface area contributed by atoms with E-state index in [0.717, 1.165) is 4.80 Å². The van der Waals surface area contributed by atoms with E-state index < -0.39 is 12.6 Å². The van der Waals surface area contributed by atoms with Crippen LogP contribution in [-0.4, -0.2) is 29.1 Å². The maximum Gasteiger partial charge on any atom is 1.00 e. The van der Waals surface area contributed by atoms with E-state index in [1.165, 1.54) is 7.11 Å². The second kappa shape index (κ2) is 5.47. The van der Waals surface area contributed by atoms with E-state index >= 15 is 0 Å². The van der Waals surface area contributed by atoms with E-state index in [1.807, 2.05) is 0 Å². The maximum atomic E-state index is 11.9. The van der Waals surface area contributed by atoms with Crippen LogP contribution in [0, 0.1) is 0 Å². The molecule has 0 aliphatic carbocycles. The minimum Gasteiger partial charge on any atom is -0.444 e. The Kier molecular flexibility index (Phi) is 5.72. The Labute approximate surface area is 115 Å². The van der Waals surface area contributed by atoms with Crippen LogP contribution in [0.4, 0.5) is 12.9 Å². The van der Waals surface area contributed by atoms with Crippen LogP contribution in [0.2, 0.25) is 0 Å². The third-order valence-corrected chi connectivity index (χ3v) is 1.13. The van der Waals surface area contributed by atoms with Crippen LogP contribution in [0.5, 0.6) is 0 Å². The molecule has 1 aromatic heterocycles. The number of halogens is 3. The molecule has 13 heavy (non-hydrogen) atoms. The molecule has 0 saturated heterocycles. The Morgan fingerprint density at radius 2 is 2.15 bits per heavy atom. The second-order valence-corrected chi connectivity index (χ2v) is 2.13.